The summed E-state index contributed by atoms with van der Waals surface area (Å²) in [5, 5.41) is 0. The Hall–Kier alpha value is -0.0400. The summed E-state index contributed by atoms with van der Waals surface area (Å²) in [6.45, 7) is 4.51. The maximum Gasteiger partial charge on any atom is 0.0128 e. The third kappa shape index (κ3) is 2.30. The summed E-state index contributed by atoms with van der Waals surface area (Å²) in [6.07, 6.45) is 6.53. The van der Waals surface area contributed by atoms with E-state index in [9.17, 15) is 0 Å². The second kappa shape index (κ2) is 2.91. The lowest BCUT2D eigenvalue weighted by Gasteiger charge is -2.24. The average Bonchev–Trinajstić information content (AvgIpc) is 1.90. The molecule has 0 aromatic rings. The Bertz CT molecular complexity index is 107. The van der Waals surface area contributed by atoms with Crippen molar-refractivity contribution in [2.45, 2.75) is 51.5 Å². The maximum absolute atomic E-state index is 6.07. The van der Waals surface area contributed by atoms with Crippen LogP contribution in [0.2, 0.25) is 0 Å². The molecule has 0 amide bonds. The minimum absolute atomic E-state index is 0.135. The van der Waals surface area contributed by atoms with Gasteiger partial charge >= 0.3 is 0 Å². The van der Waals surface area contributed by atoms with Crippen LogP contribution in [0.15, 0.2) is 0 Å². The molecule has 10 heavy (non-hydrogen) atoms. The Kier molecular flexibility index (Phi) is 2.35. The molecule has 0 aromatic heterocycles. The van der Waals surface area contributed by atoms with Gasteiger partial charge in [-0.3, -0.25) is 0 Å². The Morgan fingerprint density at radius 2 is 2.10 bits per heavy atom. The molecule has 1 saturated carbocycles. The molecule has 2 N–H and O–H groups in total. The predicted octanol–water partition coefficient (Wildman–Crippen LogP) is 2.30. The van der Waals surface area contributed by atoms with Crippen molar-refractivity contribution in [2.24, 2.45) is 11.7 Å². The third-order valence-corrected chi connectivity index (χ3v) is 2.51. The summed E-state index contributed by atoms with van der Waals surface area (Å²) in [5.41, 5.74) is 6.20. The Morgan fingerprint density at radius 1 is 1.40 bits per heavy atom. The summed E-state index contributed by atoms with van der Waals surface area (Å²) >= 11 is 0. The zero-order chi connectivity index (χ0) is 7.61. The van der Waals surface area contributed by atoms with Gasteiger partial charge in [0, 0.05) is 5.54 Å². The van der Waals surface area contributed by atoms with Crippen molar-refractivity contribution >= 4 is 0 Å². The highest BCUT2D eigenvalue weighted by atomic mass is 14.7. The van der Waals surface area contributed by atoms with E-state index in [2.05, 4.69) is 13.8 Å². The Morgan fingerprint density at radius 3 is 2.80 bits per heavy atom. The molecule has 2 atom stereocenters. The van der Waals surface area contributed by atoms with Gasteiger partial charge < -0.3 is 5.73 Å². The third-order valence-electron chi connectivity index (χ3n) is 2.51. The van der Waals surface area contributed by atoms with Crippen LogP contribution in [0.1, 0.15) is 46.0 Å². The van der Waals surface area contributed by atoms with E-state index < -0.39 is 0 Å². The van der Waals surface area contributed by atoms with Crippen LogP contribution in [0, 0.1) is 5.92 Å². The SMILES string of the molecule is CC1CCCCC(C)(N)C1. The quantitative estimate of drug-likeness (QED) is 0.515. The van der Waals surface area contributed by atoms with Crippen LogP contribution >= 0.6 is 0 Å². The standard InChI is InChI=1S/C9H19N/c1-8-5-3-4-6-9(2,10)7-8/h8H,3-7,10H2,1-2H3. The van der Waals surface area contributed by atoms with Gasteiger partial charge in [0.25, 0.3) is 0 Å². The number of hydrogen-bond acceptors (Lipinski definition) is 1. The molecule has 0 bridgehead atoms. The summed E-state index contributed by atoms with van der Waals surface area (Å²) in [6, 6.07) is 0. The van der Waals surface area contributed by atoms with E-state index in [1.807, 2.05) is 0 Å². The minimum Gasteiger partial charge on any atom is -0.325 e. The second-order valence-electron chi connectivity index (χ2n) is 4.21. The molecule has 0 heterocycles. The minimum atomic E-state index is 0.135. The molecule has 0 radical (unpaired) electrons. The molecule has 1 nitrogen and oxygen atoms in total. The fourth-order valence-electron chi connectivity index (χ4n) is 2.02. The van der Waals surface area contributed by atoms with Crippen molar-refractivity contribution in [3.63, 3.8) is 0 Å². The highest BCUT2D eigenvalue weighted by molar-refractivity contribution is 4.83. The second-order valence-corrected chi connectivity index (χ2v) is 4.21. The molecule has 0 aliphatic heterocycles. The zero-order valence-corrected chi connectivity index (χ0v) is 7.19. The normalized spacial score (nSPS) is 42.9. The van der Waals surface area contributed by atoms with Gasteiger partial charge in [-0.25, -0.2) is 0 Å². The van der Waals surface area contributed by atoms with E-state index in [1.54, 1.807) is 0 Å². The monoisotopic (exact) mass is 141 g/mol. The molecule has 2 unspecified atom stereocenters. The van der Waals surface area contributed by atoms with Crippen molar-refractivity contribution in [3.8, 4) is 0 Å². The van der Waals surface area contributed by atoms with Gasteiger partial charge in [0.15, 0.2) is 0 Å². The van der Waals surface area contributed by atoms with E-state index in [-0.39, 0.29) is 5.54 Å². The topological polar surface area (TPSA) is 26.0 Å². The van der Waals surface area contributed by atoms with Crippen molar-refractivity contribution in [1.29, 1.82) is 0 Å². The summed E-state index contributed by atoms with van der Waals surface area (Å²) in [4.78, 5) is 0. The average molecular weight is 141 g/mol. The molecule has 0 aromatic carbocycles. The molecule has 0 saturated heterocycles. The van der Waals surface area contributed by atoms with Crippen LogP contribution in [0.5, 0.6) is 0 Å². The van der Waals surface area contributed by atoms with Gasteiger partial charge in [-0.15, -0.1) is 0 Å². The van der Waals surface area contributed by atoms with Crippen LogP contribution < -0.4 is 5.73 Å². The Balaban J connectivity index is 2.46. The number of hydrogen-bond donors (Lipinski definition) is 1. The predicted molar refractivity (Wildman–Crippen MR) is 44.8 cm³/mol. The van der Waals surface area contributed by atoms with Gasteiger partial charge in [-0.05, 0) is 25.7 Å². The van der Waals surface area contributed by atoms with Crippen molar-refractivity contribution < 1.29 is 0 Å². The number of rotatable bonds is 0. The lowest BCUT2D eigenvalue weighted by atomic mass is 9.90. The van der Waals surface area contributed by atoms with Crippen LogP contribution in [0.3, 0.4) is 0 Å². The van der Waals surface area contributed by atoms with Gasteiger partial charge in [0.2, 0.25) is 0 Å². The van der Waals surface area contributed by atoms with E-state index in [4.69, 9.17) is 5.73 Å². The lowest BCUT2D eigenvalue weighted by molar-refractivity contribution is 0.358. The maximum atomic E-state index is 6.07. The van der Waals surface area contributed by atoms with E-state index in [1.165, 1.54) is 32.1 Å². The first-order chi connectivity index (χ1) is 4.60. The molecule has 60 valence electrons. The van der Waals surface area contributed by atoms with Crippen LogP contribution in [-0.2, 0) is 0 Å². The molecule has 0 spiro atoms. The summed E-state index contributed by atoms with van der Waals surface area (Å²) in [7, 11) is 0. The fraction of sp³-hybridized carbons (Fsp3) is 1.00. The Labute approximate surface area is 64.0 Å². The molecular formula is C9H19N. The first kappa shape index (κ1) is 8.06. The smallest absolute Gasteiger partial charge is 0.0128 e. The van der Waals surface area contributed by atoms with Crippen molar-refractivity contribution in [2.75, 3.05) is 0 Å². The van der Waals surface area contributed by atoms with E-state index in [0.717, 1.165) is 5.92 Å². The molecule has 1 heteroatoms. The zero-order valence-electron chi connectivity index (χ0n) is 7.19. The van der Waals surface area contributed by atoms with E-state index in [0.29, 0.717) is 0 Å². The number of nitrogens with two attached hydrogens (primary N) is 1. The molecule has 1 rings (SSSR count). The van der Waals surface area contributed by atoms with Crippen molar-refractivity contribution in [3.05, 3.63) is 0 Å². The van der Waals surface area contributed by atoms with Crippen LogP contribution in [-0.4, -0.2) is 5.54 Å². The first-order valence-electron chi connectivity index (χ1n) is 4.39. The van der Waals surface area contributed by atoms with E-state index >= 15 is 0 Å². The lowest BCUT2D eigenvalue weighted by Crippen LogP contribution is -2.36. The summed E-state index contributed by atoms with van der Waals surface area (Å²) < 4.78 is 0. The first-order valence-corrected chi connectivity index (χ1v) is 4.39. The van der Waals surface area contributed by atoms with Gasteiger partial charge in [0.05, 0.1) is 0 Å². The van der Waals surface area contributed by atoms with Crippen LogP contribution in [0.4, 0.5) is 0 Å². The van der Waals surface area contributed by atoms with Crippen molar-refractivity contribution in [1.82, 2.24) is 0 Å². The molecular weight excluding hydrogens is 122 g/mol. The van der Waals surface area contributed by atoms with Gasteiger partial charge in [-0.2, -0.15) is 0 Å². The molecule has 1 aliphatic rings. The van der Waals surface area contributed by atoms with Gasteiger partial charge in [-0.1, -0.05) is 26.2 Å². The highest BCUT2D eigenvalue weighted by Gasteiger charge is 2.23. The largest absolute Gasteiger partial charge is 0.325 e. The van der Waals surface area contributed by atoms with Gasteiger partial charge in [0.1, 0.15) is 0 Å². The summed E-state index contributed by atoms with van der Waals surface area (Å²) in [5.74, 6) is 0.845. The molecule has 1 aliphatic carbocycles. The molecule has 1 fully saturated rings. The van der Waals surface area contributed by atoms with Crippen LogP contribution in [0.25, 0.3) is 0 Å². The highest BCUT2D eigenvalue weighted by Crippen LogP contribution is 2.28. The fourth-order valence-corrected chi connectivity index (χ4v) is 2.02.